The predicted molar refractivity (Wildman–Crippen MR) is 107 cm³/mol. The van der Waals surface area contributed by atoms with E-state index in [1.165, 1.54) is 11.4 Å². The Morgan fingerprint density at radius 2 is 1.79 bits per heavy atom. The van der Waals surface area contributed by atoms with E-state index >= 15 is 0 Å². The highest BCUT2D eigenvalue weighted by molar-refractivity contribution is 7.92. The summed E-state index contributed by atoms with van der Waals surface area (Å²) < 4.78 is 30.7. The quantitative estimate of drug-likeness (QED) is 0.777. The molecule has 0 bridgehead atoms. The van der Waals surface area contributed by atoms with Crippen LogP contribution in [0.4, 0.5) is 11.4 Å². The van der Waals surface area contributed by atoms with Crippen LogP contribution in [-0.2, 0) is 21.2 Å². The zero-order chi connectivity index (χ0) is 20.3. The van der Waals surface area contributed by atoms with Gasteiger partial charge in [0.1, 0.15) is 0 Å². The molecule has 1 N–H and O–H groups in total. The van der Waals surface area contributed by atoms with Crippen LogP contribution in [0.2, 0.25) is 0 Å². The summed E-state index contributed by atoms with van der Waals surface area (Å²) in [7, 11) is -2.03. The van der Waals surface area contributed by atoms with Gasteiger partial charge in [0.05, 0.1) is 24.1 Å². The van der Waals surface area contributed by atoms with Crippen molar-refractivity contribution < 1.29 is 22.7 Å². The van der Waals surface area contributed by atoms with Crippen LogP contribution in [0, 0.1) is 0 Å². The third kappa shape index (κ3) is 4.01. The molecular formula is C20H22N2O5S. The molecule has 2 aromatic rings. The van der Waals surface area contributed by atoms with Crippen molar-refractivity contribution in [2.75, 3.05) is 29.0 Å². The maximum absolute atomic E-state index is 12.6. The second-order valence-corrected chi connectivity index (χ2v) is 8.62. The lowest BCUT2D eigenvalue weighted by Crippen LogP contribution is -2.36. The van der Waals surface area contributed by atoms with Crippen LogP contribution < -0.4 is 9.62 Å². The number of benzene rings is 2. The summed E-state index contributed by atoms with van der Waals surface area (Å²) in [6, 6.07) is 11.4. The lowest BCUT2D eigenvalue weighted by Gasteiger charge is -2.30. The van der Waals surface area contributed by atoms with Crippen LogP contribution in [0.25, 0.3) is 0 Å². The molecule has 0 atom stereocenters. The van der Waals surface area contributed by atoms with E-state index in [0.29, 0.717) is 35.5 Å². The largest absolute Gasteiger partial charge is 0.465 e. The van der Waals surface area contributed by atoms with Gasteiger partial charge in [0.25, 0.3) is 5.91 Å². The van der Waals surface area contributed by atoms with Gasteiger partial charge in [-0.05, 0) is 67.8 Å². The molecular weight excluding hydrogens is 380 g/mol. The third-order valence-corrected chi connectivity index (χ3v) is 6.46. The van der Waals surface area contributed by atoms with Gasteiger partial charge in [0.15, 0.2) is 0 Å². The first-order valence-corrected chi connectivity index (χ1v) is 10.6. The normalized spacial score (nSPS) is 13.6. The topological polar surface area (TPSA) is 92.8 Å². The highest BCUT2D eigenvalue weighted by Crippen LogP contribution is 2.30. The zero-order valence-electron chi connectivity index (χ0n) is 15.8. The van der Waals surface area contributed by atoms with E-state index in [4.69, 9.17) is 0 Å². The maximum atomic E-state index is 12.6. The van der Waals surface area contributed by atoms with E-state index in [2.05, 4.69) is 10.1 Å². The molecule has 0 aliphatic carbocycles. The molecule has 0 aromatic heterocycles. The predicted octanol–water partition coefficient (Wildman–Crippen LogP) is 2.83. The van der Waals surface area contributed by atoms with Crippen molar-refractivity contribution in [1.82, 2.24) is 0 Å². The first-order chi connectivity index (χ1) is 13.4. The van der Waals surface area contributed by atoms with Crippen molar-refractivity contribution in [2.24, 2.45) is 0 Å². The van der Waals surface area contributed by atoms with Crippen molar-refractivity contribution in [2.45, 2.75) is 19.8 Å². The summed E-state index contributed by atoms with van der Waals surface area (Å²) in [6.45, 7) is 2.08. The van der Waals surface area contributed by atoms with Gasteiger partial charge < -0.3 is 10.1 Å². The monoisotopic (exact) mass is 402 g/mol. The number of anilines is 2. The van der Waals surface area contributed by atoms with E-state index in [1.807, 2.05) is 0 Å². The Balaban J connectivity index is 1.79. The molecule has 148 valence electrons. The Kier molecular flexibility index (Phi) is 5.69. The highest BCUT2D eigenvalue weighted by atomic mass is 32.2. The van der Waals surface area contributed by atoms with Gasteiger partial charge in [0.2, 0.25) is 10.0 Å². The Labute approximate surface area is 164 Å². The number of rotatable bonds is 5. The number of esters is 1. The molecule has 0 radical (unpaired) electrons. The number of fused-ring (bicyclic) bond motifs is 1. The SMILES string of the molecule is CCS(=O)(=O)N1CCCc2cc(C(=O)Nc3ccc(C(=O)OC)cc3)ccc21. The summed E-state index contributed by atoms with van der Waals surface area (Å²) in [5.41, 5.74) is 2.88. The number of nitrogens with one attached hydrogen (secondary N) is 1. The first-order valence-electron chi connectivity index (χ1n) is 8.99. The molecule has 0 saturated carbocycles. The number of hydrogen-bond acceptors (Lipinski definition) is 5. The molecule has 28 heavy (non-hydrogen) atoms. The molecule has 1 aliphatic rings. The standard InChI is InChI=1S/C20H22N2O5S/c1-3-28(25,26)22-12-4-5-15-13-16(8-11-18(15)22)19(23)21-17-9-6-14(7-10-17)20(24)27-2/h6-11,13H,3-5,12H2,1-2H3,(H,21,23). The Hall–Kier alpha value is -2.87. The highest BCUT2D eigenvalue weighted by Gasteiger charge is 2.26. The molecule has 0 fully saturated rings. The average Bonchev–Trinajstić information content (AvgIpc) is 2.72. The number of carbonyl (C=O) groups is 2. The minimum atomic E-state index is -3.33. The molecule has 1 heterocycles. The number of ether oxygens (including phenoxy) is 1. The fourth-order valence-corrected chi connectivity index (χ4v) is 4.36. The second-order valence-electron chi connectivity index (χ2n) is 6.44. The average molecular weight is 402 g/mol. The van der Waals surface area contributed by atoms with Crippen LogP contribution in [0.5, 0.6) is 0 Å². The van der Waals surface area contributed by atoms with Gasteiger partial charge in [-0.1, -0.05) is 0 Å². The maximum Gasteiger partial charge on any atom is 0.337 e. The van der Waals surface area contributed by atoms with Crippen molar-refractivity contribution in [3.05, 3.63) is 59.2 Å². The molecule has 0 saturated heterocycles. The second kappa shape index (κ2) is 8.02. The lowest BCUT2D eigenvalue weighted by atomic mass is 10.0. The Morgan fingerprint density at radius 1 is 1.11 bits per heavy atom. The van der Waals surface area contributed by atoms with Gasteiger partial charge in [0, 0.05) is 17.8 Å². The van der Waals surface area contributed by atoms with E-state index < -0.39 is 16.0 Å². The van der Waals surface area contributed by atoms with Gasteiger partial charge in [-0.3, -0.25) is 9.10 Å². The molecule has 8 heteroatoms. The van der Waals surface area contributed by atoms with Crippen LogP contribution >= 0.6 is 0 Å². The van der Waals surface area contributed by atoms with Gasteiger partial charge in [-0.2, -0.15) is 0 Å². The smallest absolute Gasteiger partial charge is 0.337 e. The lowest BCUT2D eigenvalue weighted by molar-refractivity contribution is 0.0600. The molecule has 0 spiro atoms. The summed E-state index contributed by atoms with van der Waals surface area (Å²) in [5.74, 6) is -0.709. The Bertz CT molecular complexity index is 1000. The van der Waals surface area contributed by atoms with Crippen molar-refractivity contribution >= 4 is 33.3 Å². The first kappa shape index (κ1) is 19.9. The summed E-state index contributed by atoms with van der Waals surface area (Å²) in [4.78, 5) is 24.0. The van der Waals surface area contributed by atoms with E-state index in [-0.39, 0.29) is 11.7 Å². The van der Waals surface area contributed by atoms with Crippen LogP contribution in [0.3, 0.4) is 0 Å². The van der Waals surface area contributed by atoms with E-state index in [9.17, 15) is 18.0 Å². The zero-order valence-corrected chi connectivity index (χ0v) is 16.6. The summed E-state index contributed by atoms with van der Waals surface area (Å²) >= 11 is 0. The number of amides is 1. The summed E-state index contributed by atoms with van der Waals surface area (Å²) in [5, 5.41) is 2.78. The Morgan fingerprint density at radius 3 is 2.43 bits per heavy atom. The van der Waals surface area contributed by atoms with Gasteiger partial charge in [-0.25, -0.2) is 13.2 Å². The van der Waals surface area contributed by atoms with Crippen molar-refractivity contribution in [3.63, 3.8) is 0 Å². The summed E-state index contributed by atoms with van der Waals surface area (Å²) in [6.07, 6.45) is 1.44. The number of hydrogen-bond donors (Lipinski definition) is 1. The van der Waals surface area contributed by atoms with Crippen LogP contribution in [0.1, 0.15) is 39.6 Å². The molecule has 2 aromatic carbocycles. The minimum Gasteiger partial charge on any atom is -0.465 e. The molecule has 1 aliphatic heterocycles. The van der Waals surface area contributed by atoms with Crippen LogP contribution in [0.15, 0.2) is 42.5 Å². The van der Waals surface area contributed by atoms with Crippen molar-refractivity contribution in [1.29, 1.82) is 0 Å². The molecule has 7 nitrogen and oxygen atoms in total. The molecule has 3 rings (SSSR count). The minimum absolute atomic E-state index is 0.0379. The van der Waals surface area contributed by atoms with Crippen LogP contribution in [-0.4, -0.2) is 39.7 Å². The number of nitrogens with zero attached hydrogens (tertiary/aromatic N) is 1. The molecule has 1 amide bonds. The van der Waals surface area contributed by atoms with Crippen molar-refractivity contribution in [3.8, 4) is 0 Å². The van der Waals surface area contributed by atoms with Gasteiger partial charge >= 0.3 is 5.97 Å². The van der Waals surface area contributed by atoms with E-state index in [0.717, 1.165) is 12.0 Å². The number of carbonyl (C=O) groups excluding carboxylic acids is 2. The number of sulfonamides is 1. The fourth-order valence-electron chi connectivity index (χ4n) is 3.16. The molecule has 0 unspecified atom stereocenters. The van der Waals surface area contributed by atoms with Gasteiger partial charge in [-0.15, -0.1) is 0 Å². The number of aryl methyl sites for hydroxylation is 1. The van der Waals surface area contributed by atoms with E-state index in [1.54, 1.807) is 49.4 Å². The third-order valence-electron chi connectivity index (χ3n) is 4.68. The fraction of sp³-hybridized carbons (Fsp3) is 0.300. The number of methoxy groups -OCH3 is 1.